The van der Waals surface area contributed by atoms with Crippen molar-refractivity contribution < 1.29 is 22.7 Å². The number of aromatic hydroxyl groups is 1. The molecule has 0 saturated heterocycles. The summed E-state index contributed by atoms with van der Waals surface area (Å²) in [6, 6.07) is 12.8. The maximum absolute atomic E-state index is 12.0. The molecule has 11 heteroatoms. The SMILES string of the molecule is CCS(=O)(=O)Nc1ccc(-c2nnc(SCC(=O)Nc3cccc(O)c3)o2)cc1. The van der Waals surface area contributed by atoms with Crippen LogP contribution in [0.4, 0.5) is 11.4 Å². The molecule has 0 unspecified atom stereocenters. The third kappa shape index (κ3) is 5.96. The van der Waals surface area contributed by atoms with Crippen LogP contribution < -0.4 is 10.0 Å². The van der Waals surface area contributed by atoms with Gasteiger partial charge in [0.15, 0.2) is 0 Å². The molecule has 1 heterocycles. The lowest BCUT2D eigenvalue weighted by Gasteiger charge is -2.05. The number of amides is 1. The van der Waals surface area contributed by atoms with Gasteiger partial charge in [-0.1, -0.05) is 17.8 Å². The number of anilines is 2. The zero-order chi connectivity index (χ0) is 20.9. The average Bonchev–Trinajstić information content (AvgIpc) is 3.16. The molecule has 3 rings (SSSR count). The van der Waals surface area contributed by atoms with Gasteiger partial charge in [-0.15, -0.1) is 10.2 Å². The fourth-order valence-electron chi connectivity index (χ4n) is 2.23. The lowest BCUT2D eigenvalue weighted by atomic mass is 10.2. The van der Waals surface area contributed by atoms with Crippen LogP contribution in [-0.2, 0) is 14.8 Å². The largest absolute Gasteiger partial charge is 0.508 e. The highest BCUT2D eigenvalue weighted by Gasteiger charge is 2.12. The van der Waals surface area contributed by atoms with Gasteiger partial charge in [0.2, 0.25) is 21.8 Å². The first-order valence-corrected chi connectivity index (χ1v) is 11.1. The number of nitrogens with one attached hydrogen (secondary N) is 2. The second-order valence-corrected chi connectivity index (χ2v) is 8.78. The molecule has 3 N–H and O–H groups in total. The van der Waals surface area contributed by atoms with E-state index in [0.717, 1.165) is 11.8 Å². The van der Waals surface area contributed by atoms with Crippen LogP contribution in [-0.4, -0.2) is 41.1 Å². The molecule has 1 aromatic heterocycles. The number of rotatable bonds is 8. The first kappa shape index (κ1) is 20.7. The monoisotopic (exact) mass is 434 g/mol. The molecule has 0 radical (unpaired) electrons. The summed E-state index contributed by atoms with van der Waals surface area (Å²) in [4.78, 5) is 12.0. The molecule has 0 atom stereocenters. The maximum atomic E-state index is 12.0. The number of thioether (sulfide) groups is 1. The number of phenols is 1. The predicted molar refractivity (Wildman–Crippen MR) is 110 cm³/mol. The van der Waals surface area contributed by atoms with E-state index in [1.54, 1.807) is 43.3 Å². The molecule has 2 aromatic carbocycles. The van der Waals surface area contributed by atoms with Crippen molar-refractivity contribution in [2.75, 3.05) is 21.5 Å². The number of phenolic OH excluding ortho intramolecular Hbond substituents is 1. The van der Waals surface area contributed by atoms with Crippen molar-refractivity contribution in [2.24, 2.45) is 0 Å². The number of hydrogen-bond donors (Lipinski definition) is 3. The second-order valence-electron chi connectivity index (χ2n) is 5.84. The van der Waals surface area contributed by atoms with Gasteiger partial charge in [0.25, 0.3) is 5.22 Å². The van der Waals surface area contributed by atoms with Crippen molar-refractivity contribution in [2.45, 2.75) is 12.1 Å². The Balaban J connectivity index is 1.57. The normalized spacial score (nSPS) is 11.2. The predicted octanol–water partition coefficient (Wildman–Crippen LogP) is 2.93. The van der Waals surface area contributed by atoms with Crippen LogP contribution in [0.3, 0.4) is 0 Å². The van der Waals surface area contributed by atoms with Gasteiger partial charge in [-0.05, 0) is 43.3 Å². The molecular weight excluding hydrogens is 416 g/mol. The molecule has 0 aliphatic rings. The Kier molecular flexibility index (Phi) is 6.39. The van der Waals surface area contributed by atoms with E-state index >= 15 is 0 Å². The molecule has 9 nitrogen and oxygen atoms in total. The number of aromatic nitrogens is 2. The van der Waals surface area contributed by atoms with E-state index in [1.807, 2.05) is 0 Å². The fourth-order valence-corrected chi connectivity index (χ4v) is 3.43. The van der Waals surface area contributed by atoms with E-state index in [1.165, 1.54) is 12.1 Å². The van der Waals surface area contributed by atoms with Crippen molar-refractivity contribution in [1.29, 1.82) is 0 Å². The Morgan fingerprint density at radius 3 is 2.59 bits per heavy atom. The molecule has 1 amide bonds. The van der Waals surface area contributed by atoms with Crippen molar-refractivity contribution in [3.05, 3.63) is 48.5 Å². The van der Waals surface area contributed by atoms with Crippen LogP contribution in [0, 0.1) is 0 Å². The van der Waals surface area contributed by atoms with E-state index in [9.17, 15) is 18.3 Å². The Morgan fingerprint density at radius 2 is 1.90 bits per heavy atom. The molecule has 0 spiro atoms. The third-order valence-corrected chi connectivity index (χ3v) is 5.77. The van der Waals surface area contributed by atoms with Gasteiger partial charge in [-0.3, -0.25) is 9.52 Å². The summed E-state index contributed by atoms with van der Waals surface area (Å²) in [5.74, 6) is 0.0664. The highest BCUT2D eigenvalue weighted by atomic mass is 32.2. The van der Waals surface area contributed by atoms with Gasteiger partial charge in [-0.25, -0.2) is 8.42 Å². The standard InChI is InChI=1S/C18H18N4O5S2/c1-2-29(25,26)22-13-8-6-12(7-9-13)17-20-21-18(27-17)28-11-16(24)19-14-4-3-5-15(23)10-14/h3-10,22-23H,2,11H2,1H3,(H,19,24). The van der Waals surface area contributed by atoms with Gasteiger partial charge in [0, 0.05) is 23.0 Å². The Hall–Kier alpha value is -3.05. The lowest BCUT2D eigenvalue weighted by Crippen LogP contribution is -2.14. The second kappa shape index (κ2) is 8.97. The van der Waals surface area contributed by atoms with Gasteiger partial charge in [0.05, 0.1) is 11.5 Å². The van der Waals surface area contributed by atoms with Gasteiger partial charge >= 0.3 is 0 Å². The number of benzene rings is 2. The average molecular weight is 434 g/mol. The number of nitrogens with zero attached hydrogens (tertiary/aromatic N) is 2. The third-order valence-electron chi connectivity index (χ3n) is 3.65. The first-order chi connectivity index (χ1) is 13.8. The van der Waals surface area contributed by atoms with E-state index < -0.39 is 10.0 Å². The van der Waals surface area contributed by atoms with Crippen molar-refractivity contribution in [3.63, 3.8) is 0 Å². The van der Waals surface area contributed by atoms with Gasteiger partial charge in [-0.2, -0.15) is 0 Å². The number of sulfonamides is 1. The Morgan fingerprint density at radius 1 is 1.14 bits per heavy atom. The molecular formula is C18H18N4O5S2. The topological polar surface area (TPSA) is 134 Å². The summed E-state index contributed by atoms with van der Waals surface area (Å²) in [7, 11) is -3.34. The van der Waals surface area contributed by atoms with E-state index in [0.29, 0.717) is 16.9 Å². The minimum Gasteiger partial charge on any atom is -0.508 e. The summed E-state index contributed by atoms with van der Waals surface area (Å²) < 4.78 is 31.2. The summed E-state index contributed by atoms with van der Waals surface area (Å²) in [6.45, 7) is 1.55. The molecule has 0 saturated carbocycles. The minimum atomic E-state index is -3.34. The Bertz CT molecular complexity index is 1100. The molecule has 0 bridgehead atoms. The Labute approximate surface area is 171 Å². The number of carbonyl (C=O) groups is 1. The fraction of sp³-hybridized carbons (Fsp3) is 0.167. The maximum Gasteiger partial charge on any atom is 0.277 e. The zero-order valence-corrected chi connectivity index (χ0v) is 17.0. The molecule has 0 aliphatic heterocycles. The molecule has 29 heavy (non-hydrogen) atoms. The van der Waals surface area contributed by atoms with Crippen LogP contribution >= 0.6 is 11.8 Å². The number of hydrogen-bond acceptors (Lipinski definition) is 8. The lowest BCUT2D eigenvalue weighted by molar-refractivity contribution is -0.113. The summed E-state index contributed by atoms with van der Waals surface area (Å²) in [5.41, 5.74) is 1.54. The van der Waals surface area contributed by atoms with Crippen LogP contribution in [0.25, 0.3) is 11.5 Å². The smallest absolute Gasteiger partial charge is 0.277 e. The molecule has 152 valence electrons. The minimum absolute atomic E-state index is 0.0159. The van der Waals surface area contributed by atoms with Crippen LogP contribution in [0.1, 0.15) is 6.92 Å². The van der Waals surface area contributed by atoms with E-state index in [4.69, 9.17) is 4.42 Å². The molecule has 3 aromatic rings. The van der Waals surface area contributed by atoms with Crippen LogP contribution in [0.15, 0.2) is 58.2 Å². The molecule has 0 fully saturated rings. The highest BCUT2D eigenvalue weighted by Crippen LogP contribution is 2.25. The molecule has 0 aliphatic carbocycles. The quantitative estimate of drug-likeness (QED) is 0.461. The van der Waals surface area contributed by atoms with Gasteiger partial charge in [0.1, 0.15) is 5.75 Å². The van der Waals surface area contributed by atoms with Crippen molar-refractivity contribution in [3.8, 4) is 17.2 Å². The first-order valence-electron chi connectivity index (χ1n) is 8.51. The number of carbonyl (C=O) groups excluding carboxylic acids is 1. The van der Waals surface area contributed by atoms with Crippen LogP contribution in [0.2, 0.25) is 0 Å². The van der Waals surface area contributed by atoms with Crippen LogP contribution in [0.5, 0.6) is 5.75 Å². The van der Waals surface area contributed by atoms with E-state index in [2.05, 4.69) is 20.2 Å². The zero-order valence-electron chi connectivity index (χ0n) is 15.3. The summed E-state index contributed by atoms with van der Waals surface area (Å²) in [5, 5.41) is 20.1. The highest BCUT2D eigenvalue weighted by molar-refractivity contribution is 7.99. The van der Waals surface area contributed by atoms with Gasteiger partial charge < -0.3 is 14.8 Å². The summed E-state index contributed by atoms with van der Waals surface area (Å²) >= 11 is 1.07. The summed E-state index contributed by atoms with van der Waals surface area (Å²) in [6.07, 6.45) is 0. The van der Waals surface area contributed by atoms with Crippen molar-refractivity contribution in [1.82, 2.24) is 10.2 Å². The van der Waals surface area contributed by atoms with Crippen molar-refractivity contribution >= 4 is 39.1 Å². The van der Waals surface area contributed by atoms with E-state index in [-0.39, 0.29) is 34.3 Å².